The van der Waals surface area contributed by atoms with Gasteiger partial charge in [0.1, 0.15) is 5.82 Å². The third-order valence-electron chi connectivity index (χ3n) is 4.56. The summed E-state index contributed by atoms with van der Waals surface area (Å²) in [4.78, 5) is 34.5. The molecule has 0 unspecified atom stereocenters. The van der Waals surface area contributed by atoms with Crippen LogP contribution in [0.15, 0.2) is 48.5 Å². The lowest BCUT2D eigenvalue weighted by Crippen LogP contribution is -2.43. The Labute approximate surface area is 173 Å². The van der Waals surface area contributed by atoms with Crippen LogP contribution in [0.25, 0.3) is 11.1 Å². The first-order valence-corrected chi connectivity index (χ1v) is 9.50. The van der Waals surface area contributed by atoms with Gasteiger partial charge in [-0.2, -0.15) is 0 Å². The zero-order valence-electron chi connectivity index (χ0n) is 16.5. The molecule has 0 radical (unpaired) electrons. The number of rotatable bonds is 9. The fourth-order valence-electron chi connectivity index (χ4n) is 3.09. The molecule has 2 rings (SSSR count). The molecule has 160 valence electrons. The third kappa shape index (κ3) is 6.38. The average Bonchev–Trinajstić information content (AvgIpc) is 2.73. The topological polar surface area (TPSA) is 113 Å². The van der Waals surface area contributed by atoms with E-state index in [9.17, 15) is 23.9 Å². The molecule has 0 aliphatic rings. The normalized spacial score (nSPS) is 12.6. The second kappa shape index (κ2) is 11.1. The van der Waals surface area contributed by atoms with Crippen molar-refractivity contribution in [2.24, 2.45) is 5.92 Å². The number of carbonyl (C=O) groups excluding carboxylic acids is 2. The summed E-state index contributed by atoms with van der Waals surface area (Å²) >= 11 is 0. The van der Waals surface area contributed by atoms with Gasteiger partial charge in [0.15, 0.2) is 0 Å². The summed E-state index contributed by atoms with van der Waals surface area (Å²) in [6.07, 6.45) is 0.218. The number of aliphatic hydroxyl groups excluding tert-OH is 1. The molecule has 2 atom stereocenters. The Kier molecular flexibility index (Phi) is 8.49. The molecular formula is C22H24FNO6. The first kappa shape index (κ1) is 23.0. The van der Waals surface area contributed by atoms with E-state index in [4.69, 9.17) is 9.84 Å². The van der Waals surface area contributed by atoms with Gasteiger partial charge >= 0.3 is 17.8 Å². The maximum absolute atomic E-state index is 14.0. The second-order valence-electron chi connectivity index (χ2n) is 6.72. The number of hydrogen-bond acceptors (Lipinski definition) is 5. The minimum absolute atomic E-state index is 0.00339. The van der Waals surface area contributed by atoms with Crippen LogP contribution < -0.4 is 5.32 Å². The van der Waals surface area contributed by atoms with Crippen molar-refractivity contribution in [2.45, 2.75) is 25.8 Å². The summed E-state index contributed by atoms with van der Waals surface area (Å²) in [7, 11) is 0. The van der Waals surface area contributed by atoms with Crippen LogP contribution in [0.3, 0.4) is 0 Å². The summed E-state index contributed by atoms with van der Waals surface area (Å²) < 4.78 is 18.9. The fourth-order valence-corrected chi connectivity index (χ4v) is 3.09. The van der Waals surface area contributed by atoms with Gasteiger partial charge in [-0.25, -0.2) is 9.18 Å². The minimum Gasteiger partial charge on any atom is -0.474 e. The van der Waals surface area contributed by atoms with Gasteiger partial charge in [-0.15, -0.1) is 0 Å². The molecule has 0 saturated carbocycles. The summed E-state index contributed by atoms with van der Waals surface area (Å²) in [5, 5.41) is 20.8. The van der Waals surface area contributed by atoms with Crippen molar-refractivity contribution in [3.8, 4) is 11.1 Å². The Bertz CT molecular complexity index is 883. The number of aliphatic hydroxyl groups is 1. The van der Waals surface area contributed by atoms with Gasteiger partial charge in [0.05, 0.1) is 19.1 Å². The molecule has 0 aliphatic heterocycles. The van der Waals surface area contributed by atoms with Gasteiger partial charge < -0.3 is 20.3 Å². The van der Waals surface area contributed by atoms with E-state index in [1.807, 2.05) is 0 Å². The highest BCUT2D eigenvalue weighted by Gasteiger charge is 2.26. The van der Waals surface area contributed by atoms with Crippen LogP contribution in [0.5, 0.6) is 0 Å². The van der Waals surface area contributed by atoms with Crippen molar-refractivity contribution >= 4 is 17.8 Å². The zero-order chi connectivity index (χ0) is 22.1. The predicted octanol–water partition coefficient (Wildman–Crippen LogP) is 2.17. The van der Waals surface area contributed by atoms with Crippen molar-refractivity contribution in [2.75, 3.05) is 13.2 Å². The van der Waals surface area contributed by atoms with E-state index in [2.05, 4.69) is 5.32 Å². The van der Waals surface area contributed by atoms with Crippen LogP contribution in [0, 0.1) is 11.7 Å². The van der Waals surface area contributed by atoms with Crippen LogP contribution in [0.2, 0.25) is 0 Å². The summed E-state index contributed by atoms with van der Waals surface area (Å²) in [5.41, 5.74) is 1.86. The number of halogens is 1. The molecule has 8 heteroatoms. The first-order chi connectivity index (χ1) is 14.3. The van der Waals surface area contributed by atoms with E-state index in [1.165, 1.54) is 6.07 Å². The van der Waals surface area contributed by atoms with Crippen LogP contribution >= 0.6 is 0 Å². The number of benzene rings is 2. The number of ether oxygens (including phenoxy) is 1. The molecule has 0 aromatic heterocycles. The number of carboxylic acid groups (broad SMARTS) is 1. The molecule has 0 bridgehead atoms. The lowest BCUT2D eigenvalue weighted by Gasteiger charge is -2.22. The van der Waals surface area contributed by atoms with Crippen molar-refractivity contribution in [1.82, 2.24) is 5.32 Å². The second-order valence-corrected chi connectivity index (χ2v) is 6.72. The summed E-state index contributed by atoms with van der Waals surface area (Å²) in [6.45, 7) is 1.27. The highest BCUT2D eigenvalue weighted by molar-refractivity contribution is 6.31. The maximum Gasteiger partial charge on any atom is 0.394 e. The lowest BCUT2D eigenvalue weighted by molar-refractivity contribution is -0.151. The van der Waals surface area contributed by atoms with E-state index in [0.29, 0.717) is 11.1 Å². The van der Waals surface area contributed by atoms with E-state index in [0.717, 1.165) is 5.56 Å². The summed E-state index contributed by atoms with van der Waals surface area (Å²) in [5.74, 6) is -4.72. The highest BCUT2D eigenvalue weighted by atomic mass is 19.1. The Morgan fingerprint density at radius 3 is 2.33 bits per heavy atom. The van der Waals surface area contributed by atoms with Gasteiger partial charge in [-0.05, 0) is 37.0 Å². The molecule has 30 heavy (non-hydrogen) atoms. The Hall–Kier alpha value is -3.26. The maximum atomic E-state index is 14.0. The molecule has 0 aliphatic carbocycles. The number of amides is 1. The van der Waals surface area contributed by atoms with Crippen molar-refractivity contribution in [1.29, 1.82) is 0 Å². The highest BCUT2D eigenvalue weighted by Crippen LogP contribution is 2.23. The number of nitrogens with one attached hydrogen (secondary N) is 1. The van der Waals surface area contributed by atoms with Crippen molar-refractivity contribution in [3.63, 3.8) is 0 Å². The Morgan fingerprint density at radius 2 is 1.77 bits per heavy atom. The molecule has 2 aromatic carbocycles. The summed E-state index contributed by atoms with van der Waals surface area (Å²) in [6, 6.07) is 12.5. The zero-order valence-corrected chi connectivity index (χ0v) is 16.5. The number of esters is 1. The number of carboxylic acids is 1. The van der Waals surface area contributed by atoms with Crippen molar-refractivity contribution in [3.05, 3.63) is 59.9 Å². The van der Waals surface area contributed by atoms with E-state index >= 15 is 0 Å². The smallest absolute Gasteiger partial charge is 0.394 e. The standard InChI is InChI=1S/C22H24FNO6/c1-2-30-22(29)16(13-25)12-17(24-20(26)21(27)28)11-14-7-9-15(10-8-14)18-5-3-4-6-19(18)23/h3-10,16-17,25H,2,11-13H2,1H3,(H,24,26)(H,27,28)/t16-,17+/m0/s1. The average molecular weight is 417 g/mol. The monoisotopic (exact) mass is 417 g/mol. The Morgan fingerprint density at radius 1 is 1.10 bits per heavy atom. The van der Waals surface area contributed by atoms with Crippen LogP contribution in [-0.4, -0.2) is 47.3 Å². The largest absolute Gasteiger partial charge is 0.474 e. The van der Waals surface area contributed by atoms with Crippen LogP contribution in [0.1, 0.15) is 18.9 Å². The Balaban J connectivity index is 2.18. The molecule has 2 aromatic rings. The van der Waals surface area contributed by atoms with Gasteiger partial charge in [0, 0.05) is 11.6 Å². The predicted molar refractivity (Wildman–Crippen MR) is 107 cm³/mol. The number of hydrogen-bond donors (Lipinski definition) is 3. The van der Waals surface area contributed by atoms with Gasteiger partial charge in [0.2, 0.25) is 0 Å². The third-order valence-corrected chi connectivity index (χ3v) is 4.56. The van der Waals surface area contributed by atoms with E-state index < -0.39 is 36.4 Å². The quantitative estimate of drug-likeness (QED) is 0.426. The molecule has 7 nitrogen and oxygen atoms in total. The minimum atomic E-state index is -1.65. The van der Waals surface area contributed by atoms with Crippen LogP contribution in [-0.2, 0) is 25.5 Å². The van der Waals surface area contributed by atoms with Gasteiger partial charge in [-0.3, -0.25) is 9.59 Å². The number of aliphatic carboxylic acids is 1. The van der Waals surface area contributed by atoms with E-state index in [1.54, 1.807) is 49.4 Å². The molecule has 0 spiro atoms. The van der Waals surface area contributed by atoms with Gasteiger partial charge in [0.25, 0.3) is 0 Å². The first-order valence-electron chi connectivity index (χ1n) is 9.50. The molecule has 0 fully saturated rings. The van der Waals surface area contributed by atoms with Gasteiger partial charge in [-0.1, -0.05) is 42.5 Å². The molecule has 3 N–H and O–H groups in total. The SMILES string of the molecule is CCOC(=O)[C@H](CO)C[C@@H](Cc1ccc(-c2ccccc2F)cc1)NC(=O)C(=O)O. The fraction of sp³-hybridized carbons (Fsp3) is 0.318. The van der Waals surface area contributed by atoms with Crippen molar-refractivity contribution < 1.29 is 33.7 Å². The number of carbonyl (C=O) groups is 3. The molecule has 0 heterocycles. The van der Waals surface area contributed by atoms with Crippen LogP contribution in [0.4, 0.5) is 4.39 Å². The molecule has 1 amide bonds. The lowest BCUT2D eigenvalue weighted by atomic mass is 9.94. The van der Waals surface area contributed by atoms with E-state index in [-0.39, 0.29) is 25.3 Å². The molecule has 0 saturated heterocycles. The molecular weight excluding hydrogens is 393 g/mol.